The zero-order valence-corrected chi connectivity index (χ0v) is 11.2. The van der Waals surface area contributed by atoms with Crippen molar-refractivity contribution in [3.8, 4) is 11.3 Å². The predicted octanol–water partition coefficient (Wildman–Crippen LogP) is 3.40. The van der Waals surface area contributed by atoms with Gasteiger partial charge in [0.25, 0.3) is 0 Å². The average Bonchev–Trinajstić information content (AvgIpc) is 2.85. The second kappa shape index (κ2) is 5.83. The van der Waals surface area contributed by atoms with Gasteiger partial charge in [-0.25, -0.2) is 0 Å². The monoisotopic (exact) mass is 244 g/mol. The third-order valence-electron chi connectivity index (χ3n) is 2.97. The van der Waals surface area contributed by atoms with Crippen LogP contribution in [-0.4, -0.2) is 11.2 Å². The van der Waals surface area contributed by atoms with Crippen molar-refractivity contribution in [1.82, 2.24) is 10.5 Å². The van der Waals surface area contributed by atoms with Gasteiger partial charge in [-0.15, -0.1) is 0 Å². The van der Waals surface area contributed by atoms with Crippen LogP contribution in [0.2, 0.25) is 0 Å². The molecule has 2 rings (SSSR count). The smallest absolute Gasteiger partial charge is 0.171 e. The van der Waals surface area contributed by atoms with Gasteiger partial charge in [0.15, 0.2) is 5.76 Å². The van der Waals surface area contributed by atoms with Crippen LogP contribution in [0.15, 0.2) is 35.0 Å². The first-order valence-corrected chi connectivity index (χ1v) is 6.47. The molecule has 3 heteroatoms. The molecule has 3 nitrogen and oxygen atoms in total. The summed E-state index contributed by atoms with van der Waals surface area (Å²) >= 11 is 0. The molecule has 18 heavy (non-hydrogen) atoms. The summed E-state index contributed by atoms with van der Waals surface area (Å²) in [6, 6.07) is 8.92. The molecule has 0 bridgehead atoms. The van der Waals surface area contributed by atoms with E-state index in [-0.39, 0.29) is 0 Å². The van der Waals surface area contributed by atoms with Gasteiger partial charge in [0.1, 0.15) is 0 Å². The molecule has 0 amide bonds. The number of aryl methyl sites for hydroxylation is 1. The van der Waals surface area contributed by atoms with E-state index in [1.165, 1.54) is 5.56 Å². The Morgan fingerprint density at radius 3 is 2.56 bits per heavy atom. The first-order chi connectivity index (χ1) is 8.70. The van der Waals surface area contributed by atoms with Crippen molar-refractivity contribution < 1.29 is 4.52 Å². The van der Waals surface area contributed by atoms with E-state index < -0.39 is 0 Å². The zero-order chi connectivity index (χ0) is 13.0. The second-order valence-electron chi connectivity index (χ2n) is 4.77. The number of nitrogens with zero attached hydrogens (tertiary/aromatic N) is 1. The highest BCUT2D eigenvalue weighted by molar-refractivity contribution is 5.61. The third-order valence-corrected chi connectivity index (χ3v) is 2.97. The number of hydrogen-bond acceptors (Lipinski definition) is 3. The van der Waals surface area contributed by atoms with Gasteiger partial charge in [-0.05, 0) is 12.0 Å². The lowest BCUT2D eigenvalue weighted by atomic mass is 10.1. The molecule has 0 fully saturated rings. The Kier molecular flexibility index (Phi) is 4.15. The van der Waals surface area contributed by atoms with E-state index in [0.717, 1.165) is 29.9 Å². The number of benzene rings is 1. The Morgan fingerprint density at radius 1 is 1.22 bits per heavy atom. The topological polar surface area (TPSA) is 38.1 Å². The molecular formula is C15H20N2O. The maximum absolute atomic E-state index is 5.37. The highest BCUT2D eigenvalue weighted by Crippen LogP contribution is 2.24. The third kappa shape index (κ3) is 2.99. The molecule has 1 N–H and O–H groups in total. The summed E-state index contributed by atoms with van der Waals surface area (Å²) in [6.45, 7) is 7.19. The summed E-state index contributed by atoms with van der Waals surface area (Å²) in [7, 11) is 0. The fourth-order valence-corrected chi connectivity index (χ4v) is 1.83. The Labute approximate surface area is 108 Å². The Hall–Kier alpha value is -1.61. The van der Waals surface area contributed by atoms with E-state index >= 15 is 0 Å². The van der Waals surface area contributed by atoms with Gasteiger partial charge in [0.05, 0.1) is 6.20 Å². The van der Waals surface area contributed by atoms with E-state index in [9.17, 15) is 0 Å². The quantitative estimate of drug-likeness (QED) is 0.876. The van der Waals surface area contributed by atoms with Gasteiger partial charge in [-0.2, -0.15) is 0 Å². The summed E-state index contributed by atoms with van der Waals surface area (Å²) < 4.78 is 5.37. The summed E-state index contributed by atoms with van der Waals surface area (Å²) in [5.74, 6) is 0.866. The van der Waals surface area contributed by atoms with Crippen molar-refractivity contribution in [2.75, 3.05) is 0 Å². The molecule has 0 aliphatic carbocycles. The molecule has 96 valence electrons. The Morgan fingerprint density at radius 2 is 1.94 bits per heavy atom. The van der Waals surface area contributed by atoms with Gasteiger partial charge in [0.2, 0.25) is 0 Å². The molecule has 1 aromatic heterocycles. The van der Waals surface area contributed by atoms with Crippen molar-refractivity contribution in [1.29, 1.82) is 0 Å². The summed E-state index contributed by atoms with van der Waals surface area (Å²) in [5.41, 5.74) is 3.53. The number of hydrogen-bond donors (Lipinski definition) is 1. The molecule has 0 saturated carbocycles. The lowest BCUT2D eigenvalue weighted by Gasteiger charge is -2.07. The molecule has 1 heterocycles. The van der Waals surface area contributed by atoms with Crippen molar-refractivity contribution in [3.05, 3.63) is 41.6 Å². The number of nitrogens with one attached hydrogen (secondary N) is 1. The molecule has 1 aromatic carbocycles. The zero-order valence-electron chi connectivity index (χ0n) is 11.2. The first-order valence-electron chi connectivity index (χ1n) is 6.47. The minimum absolute atomic E-state index is 0.454. The van der Waals surface area contributed by atoms with Crippen LogP contribution in [0.5, 0.6) is 0 Å². The fraction of sp³-hybridized carbons (Fsp3) is 0.400. The van der Waals surface area contributed by atoms with Crippen molar-refractivity contribution >= 4 is 0 Å². The lowest BCUT2D eigenvalue weighted by Crippen LogP contribution is -2.21. The van der Waals surface area contributed by atoms with Crippen LogP contribution in [0.3, 0.4) is 0 Å². The maximum Gasteiger partial charge on any atom is 0.171 e. The summed E-state index contributed by atoms with van der Waals surface area (Å²) in [4.78, 5) is 0. The van der Waals surface area contributed by atoms with Crippen LogP contribution in [0.1, 0.15) is 31.9 Å². The number of aromatic nitrogens is 1. The van der Waals surface area contributed by atoms with Crippen LogP contribution >= 0.6 is 0 Å². The van der Waals surface area contributed by atoms with Crippen LogP contribution < -0.4 is 5.32 Å². The SMILES string of the molecule is CCc1ccc(-c2oncc2CNC(C)C)cc1. The van der Waals surface area contributed by atoms with Crippen molar-refractivity contribution in [2.45, 2.75) is 39.8 Å². The van der Waals surface area contributed by atoms with Crippen LogP contribution in [0, 0.1) is 0 Å². The van der Waals surface area contributed by atoms with E-state index in [0.29, 0.717) is 6.04 Å². The number of rotatable bonds is 5. The first kappa shape index (κ1) is 12.8. The molecule has 0 atom stereocenters. The predicted molar refractivity (Wildman–Crippen MR) is 73.3 cm³/mol. The summed E-state index contributed by atoms with van der Waals surface area (Å²) in [6.07, 6.45) is 2.84. The minimum atomic E-state index is 0.454. The fourth-order valence-electron chi connectivity index (χ4n) is 1.83. The highest BCUT2D eigenvalue weighted by atomic mass is 16.5. The van der Waals surface area contributed by atoms with E-state index in [4.69, 9.17) is 4.52 Å². The molecule has 0 spiro atoms. The molecular weight excluding hydrogens is 224 g/mol. The van der Waals surface area contributed by atoms with E-state index in [1.54, 1.807) is 6.20 Å². The van der Waals surface area contributed by atoms with Crippen molar-refractivity contribution in [3.63, 3.8) is 0 Å². The van der Waals surface area contributed by atoms with E-state index in [1.807, 2.05) is 0 Å². The highest BCUT2D eigenvalue weighted by Gasteiger charge is 2.10. The maximum atomic E-state index is 5.37. The van der Waals surface area contributed by atoms with Gasteiger partial charge in [-0.1, -0.05) is 50.2 Å². The summed E-state index contributed by atoms with van der Waals surface area (Å²) in [5, 5.41) is 7.28. The average molecular weight is 244 g/mol. The molecule has 0 unspecified atom stereocenters. The van der Waals surface area contributed by atoms with Gasteiger partial charge < -0.3 is 9.84 Å². The largest absolute Gasteiger partial charge is 0.356 e. The standard InChI is InChI=1S/C15H20N2O/c1-4-12-5-7-13(8-6-12)15-14(10-17-18-15)9-16-11(2)3/h5-8,10-11,16H,4,9H2,1-3H3. The molecule has 0 radical (unpaired) electrons. The van der Waals surface area contributed by atoms with Crippen LogP contribution in [0.25, 0.3) is 11.3 Å². The minimum Gasteiger partial charge on any atom is -0.356 e. The molecule has 0 saturated heterocycles. The van der Waals surface area contributed by atoms with Gasteiger partial charge in [0, 0.05) is 23.7 Å². The molecule has 0 aliphatic rings. The van der Waals surface area contributed by atoms with Crippen LogP contribution in [-0.2, 0) is 13.0 Å². The Balaban J connectivity index is 2.19. The molecule has 2 aromatic rings. The normalized spacial score (nSPS) is 11.1. The van der Waals surface area contributed by atoms with Gasteiger partial charge >= 0.3 is 0 Å². The Bertz CT molecular complexity index is 485. The van der Waals surface area contributed by atoms with Crippen molar-refractivity contribution in [2.24, 2.45) is 0 Å². The van der Waals surface area contributed by atoms with Gasteiger partial charge in [-0.3, -0.25) is 0 Å². The van der Waals surface area contributed by atoms with Crippen LogP contribution in [0.4, 0.5) is 0 Å². The van der Waals surface area contributed by atoms with E-state index in [2.05, 4.69) is 55.5 Å². The second-order valence-corrected chi connectivity index (χ2v) is 4.77. The lowest BCUT2D eigenvalue weighted by molar-refractivity contribution is 0.431. The molecule has 0 aliphatic heterocycles.